The van der Waals surface area contributed by atoms with Crippen molar-refractivity contribution in [3.8, 4) is 0 Å². The Morgan fingerprint density at radius 2 is 2.05 bits per heavy atom. The molecule has 0 spiro atoms. The molecule has 21 heavy (non-hydrogen) atoms. The summed E-state index contributed by atoms with van der Waals surface area (Å²) >= 11 is 4.99. The van der Waals surface area contributed by atoms with Crippen molar-refractivity contribution in [1.82, 2.24) is 10.6 Å². The fourth-order valence-corrected chi connectivity index (χ4v) is 3.59. The predicted octanol–water partition coefficient (Wildman–Crippen LogP) is 0.450. The fraction of sp³-hybridized carbons (Fsp3) is 0.571. The van der Waals surface area contributed by atoms with Gasteiger partial charge in [0, 0.05) is 17.5 Å². The standard InChI is InChI=1S/C14H23N2O3PS/c1-8-9(7-15-14(21)16-8)13-12(18)11(17)10(19-13)5-6-20(2,3)4/h7,10-13,17-18H,1-2,5-6H2,3-4H3,(H2,15,16,21)/t10?,11-,12-,13+/m1/s1. The highest BCUT2D eigenvalue weighted by atomic mass is 32.1. The third-order valence-electron chi connectivity index (χ3n) is 3.66. The molecular weight excluding hydrogens is 307 g/mol. The molecule has 118 valence electrons. The first-order valence-electron chi connectivity index (χ1n) is 6.85. The highest BCUT2D eigenvalue weighted by Gasteiger charge is 2.45. The van der Waals surface area contributed by atoms with Crippen LogP contribution in [0.4, 0.5) is 0 Å². The minimum Gasteiger partial charge on any atom is -0.388 e. The van der Waals surface area contributed by atoms with Crippen LogP contribution >= 0.6 is 19.1 Å². The molecule has 0 amide bonds. The van der Waals surface area contributed by atoms with Crippen LogP contribution in [0.3, 0.4) is 0 Å². The molecule has 1 unspecified atom stereocenters. The van der Waals surface area contributed by atoms with Gasteiger partial charge >= 0.3 is 0 Å². The van der Waals surface area contributed by atoms with Crippen LogP contribution in [-0.2, 0) is 4.74 Å². The number of rotatable bonds is 4. The van der Waals surface area contributed by atoms with Crippen molar-refractivity contribution in [1.29, 1.82) is 0 Å². The van der Waals surface area contributed by atoms with E-state index in [0.717, 1.165) is 6.16 Å². The lowest BCUT2D eigenvalue weighted by Gasteiger charge is -2.25. The van der Waals surface area contributed by atoms with Gasteiger partial charge in [0.05, 0.1) is 6.10 Å². The summed E-state index contributed by atoms with van der Waals surface area (Å²) in [6, 6.07) is 0. The molecule has 0 aromatic rings. The van der Waals surface area contributed by atoms with Crippen molar-refractivity contribution in [2.75, 3.05) is 19.5 Å². The Kier molecular flexibility index (Phi) is 4.96. The summed E-state index contributed by atoms with van der Waals surface area (Å²) in [5.74, 6) is 0. The number of aliphatic hydroxyl groups excluding tert-OH is 2. The monoisotopic (exact) mass is 330 g/mol. The van der Waals surface area contributed by atoms with Gasteiger partial charge in [-0.1, -0.05) is 6.58 Å². The Morgan fingerprint density at radius 3 is 2.62 bits per heavy atom. The van der Waals surface area contributed by atoms with Crippen molar-refractivity contribution in [2.45, 2.75) is 30.8 Å². The molecule has 0 aromatic heterocycles. The summed E-state index contributed by atoms with van der Waals surface area (Å²) in [5, 5.41) is 26.6. The summed E-state index contributed by atoms with van der Waals surface area (Å²) in [6.07, 6.45) is 4.57. The van der Waals surface area contributed by atoms with E-state index >= 15 is 0 Å². The van der Waals surface area contributed by atoms with Gasteiger partial charge in [-0.2, -0.15) is 0 Å². The first-order valence-corrected chi connectivity index (χ1v) is 10.3. The zero-order chi connectivity index (χ0) is 15.8. The van der Waals surface area contributed by atoms with Gasteiger partial charge in [-0.15, -0.1) is 13.2 Å². The van der Waals surface area contributed by atoms with Crippen LogP contribution in [0.1, 0.15) is 6.42 Å². The molecule has 2 heterocycles. The lowest BCUT2D eigenvalue weighted by molar-refractivity contribution is 0.0188. The van der Waals surface area contributed by atoms with Crippen molar-refractivity contribution in [2.24, 2.45) is 0 Å². The minimum absolute atomic E-state index is 0.381. The highest BCUT2D eigenvalue weighted by Crippen LogP contribution is 2.39. The Balaban J connectivity index is 2.08. The molecule has 1 fully saturated rings. The lowest BCUT2D eigenvalue weighted by atomic mass is 9.99. The van der Waals surface area contributed by atoms with E-state index in [4.69, 9.17) is 17.0 Å². The molecule has 4 atom stereocenters. The van der Waals surface area contributed by atoms with Gasteiger partial charge < -0.3 is 25.6 Å². The third kappa shape index (κ3) is 3.96. The molecule has 0 saturated carbocycles. The zero-order valence-corrected chi connectivity index (χ0v) is 14.1. The second kappa shape index (κ2) is 6.23. The normalized spacial score (nSPS) is 33.4. The molecule has 0 bridgehead atoms. The maximum atomic E-state index is 10.2. The Morgan fingerprint density at radius 1 is 1.38 bits per heavy atom. The van der Waals surface area contributed by atoms with Crippen LogP contribution in [0.5, 0.6) is 0 Å². The van der Waals surface area contributed by atoms with Crippen LogP contribution < -0.4 is 10.6 Å². The summed E-state index contributed by atoms with van der Waals surface area (Å²) in [4.78, 5) is 0. The van der Waals surface area contributed by atoms with E-state index in [1.165, 1.54) is 0 Å². The van der Waals surface area contributed by atoms with Gasteiger partial charge in [0.15, 0.2) is 5.11 Å². The van der Waals surface area contributed by atoms with E-state index < -0.39 is 25.2 Å². The summed E-state index contributed by atoms with van der Waals surface area (Å²) < 4.78 is 5.86. The molecule has 4 N–H and O–H groups in total. The molecule has 0 radical (unpaired) electrons. The van der Waals surface area contributed by atoms with Gasteiger partial charge in [0.1, 0.15) is 18.3 Å². The topological polar surface area (TPSA) is 73.8 Å². The van der Waals surface area contributed by atoms with E-state index in [1.807, 2.05) is 0 Å². The number of aliphatic hydroxyl groups is 2. The average Bonchev–Trinajstić information content (AvgIpc) is 2.64. The molecule has 2 rings (SSSR count). The van der Waals surface area contributed by atoms with Crippen LogP contribution in [0.25, 0.3) is 0 Å². The number of ether oxygens (including phenoxy) is 1. The molecule has 5 nitrogen and oxygen atoms in total. The maximum absolute atomic E-state index is 10.2. The van der Waals surface area contributed by atoms with Crippen molar-refractivity contribution >= 4 is 30.5 Å². The first kappa shape index (κ1) is 16.7. The SMILES string of the molecule is C=C1NC(=S)NC=C1[C@@H]1OC(CCP(=C)(C)C)[C@@H](O)[C@H]1O. The van der Waals surface area contributed by atoms with E-state index in [0.29, 0.717) is 22.8 Å². The predicted molar refractivity (Wildman–Crippen MR) is 92.1 cm³/mol. The largest absolute Gasteiger partial charge is 0.388 e. The van der Waals surface area contributed by atoms with Crippen molar-refractivity contribution < 1.29 is 14.9 Å². The van der Waals surface area contributed by atoms with Gasteiger partial charge in [-0.3, -0.25) is 0 Å². The number of nitrogens with one attached hydrogen (secondary N) is 2. The van der Waals surface area contributed by atoms with Crippen molar-refractivity contribution in [3.05, 3.63) is 24.0 Å². The van der Waals surface area contributed by atoms with Crippen LogP contribution in [0.2, 0.25) is 0 Å². The van der Waals surface area contributed by atoms with Gasteiger partial charge in [0.2, 0.25) is 0 Å². The van der Waals surface area contributed by atoms with E-state index in [9.17, 15) is 10.2 Å². The Bertz CT molecular complexity index is 528. The second-order valence-corrected chi connectivity index (χ2v) is 10.9. The highest BCUT2D eigenvalue weighted by molar-refractivity contribution is 7.80. The number of thiocarbonyl (C=S) groups is 1. The van der Waals surface area contributed by atoms with E-state index in [-0.39, 0.29) is 6.10 Å². The Hall–Kier alpha value is -0.650. The minimum atomic E-state index is -1.18. The smallest absolute Gasteiger partial charge is 0.174 e. The van der Waals surface area contributed by atoms with Crippen LogP contribution in [-0.4, -0.2) is 65.5 Å². The summed E-state index contributed by atoms with van der Waals surface area (Å²) in [7, 11) is 0. The van der Waals surface area contributed by atoms with Crippen LogP contribution in [0, 0.1) is 0 Å². The molecule has 2 aliphatic rings. The molecule has 7 heteroatoms. The summed E-state index contributed by atoms with van der Waals surface area (Å²) in [6.45, 7) is 6.98. The second-order valence-electron chi connectivity index (χ2n) is 6.20. The van der Waals surface area contributed by atoms with Gasteiger partial charge in [0.25, 0.3) is 0 Å². The maximum Gasteiger partial charge on any atom is 0.174 e. The van der Waals surface area contributed by atoms with Crippen molar-refractivity contribution in [3.63, 3.8) is 0 Å². The Labute approximate surface area is 131 Å². The fourth-order valence-electron chi connectivity index (χ4n) is 2.45. The molecular formula is C14H23N2O3PS. The zero-order valence-electron chi connectivity index (χ0n) is 12.4. The van der Waals surface area contributed by atoms with Gasteiger partial charge in [-0.05, 0) is 38.1 Å². The number of hydrogen-bond acceptors (Lipinski definition) is 4. The third-order valence-corrected chi connectivity index (χ3v) is 5.35. The molecule has 2 aliphatic heterocycles. The molecule has 0 aliphatic carbocycles. The van der Waals surface area contributed by atoms with Crippen LogP contribution in [0.15, 0.2) is 24.0 Å². The lowest BCUT2D eigenvalue weighted by Crippen LogP contribution is -2.41. The van der Waals surface area contributed by atoms with E-state index in [2.05, 4.69) is 36.8 Å². The summed E-state index contributed by atoms with van der Waals surface area (Å²) in [5.41, 5.74) is 1.27. The van der Waals surface area contributed by atoms with E-state index in [1.54, 1.807) is 6.20 Å². The first-order chi connectivity index (χ1) is 9.69. The average molecular weight is 330 g/mol. The quantitative estimate of drug-likeness (QED) is 0.443. The van der Waals surface area contributed by atoms with Gasteiger partial charge in [-0.25, -0.2) is 0 Å². The molecule has 1 saturated heterocycles. The molecule has 0 aromatic carbocycles. The number of hydrogen-bond donors (Lipinski definition) is 4.